The summed E-state index contributed by atoms with van der Waals surface area (Å²) in [4.78, 5) is 1.15. The highest BCUT2D eigenvalue weighted by Gasteiger charge is 2.13. The summed E-state index contributed by atoms with van der Waals surface area (Å²) in [6.45, 7) is 2.09. The Morgan fingerprint density at radius 3 is 2.78 bits per heavy atom. The Bertz CT molecular complexity index is 723. The van der Waals surface area contributed by atoms with Crippen LogP contribution in [0.3, 0.4) is 0 Å². The number of halogens is 1. The molecule has 0 aliphatic rings. The van der Waals surface area contributed by atoms with Crippen LogP contribution in [0.1, 0.15) is 5.56 Å². The average Bonchev–Trinajstić information content (AvgIpc) is 2.82. The molecule has 0 bridgehead atoms. The van der Waals surface area contributed by atoms with Crippen molar-refractivity contribution in [1.82, 2.24) is 9.78 Å². The number of nitrogen functional groups attached to an aromatic ring is 1. The van der Waals surface area contributed by atoms with Crippen LogP contribution >= 0.6 is 22.9 Å². The average molecular weight is 278 g/mol. The minimum Gasteiger partial charge on any atom is -0.384 e. The van der Waals surface area contributed by atoms with Crippen LogP contribution in [0.5, 0.6) is 0 Å². The minimum absolute atomic E-state index is 0.667. The molecule has 0 atom stereocenters. The Kier molecular flexibility index (Phi) is 2.57. The molecule has 0 aliphatic carbocycles. The standard InChI is InChI=1S/C13H12ClN3S/c1-7-9-5-8(14)3-4-11(9)18-13(7)10-6-12(15)17(2)16-10/h3-6H,15H2,1-2H3. The highest BCUT2D eigenvalue weighted by atomic mass is 35.5. The molecule has 2 N–H and O–H groups in total. The van der Waals surface area contributed by atoms with Crippen molar-refractivity contribution in [3.8, 4) is 10.6 Å². The van der Waals surface area contributed by atoms with Gasteiger partial charge in [-0.2, -0.15) is 5.10 Å². The maximum Gasteiger partial charge on any atom is 0.121 e. The molecule has 2 aromatic heterocycles. The van der Waals surface area contributed by atoms with Gasteiger partial charge in [-0.1, -0.05) is 11.6 Å². The van der Waals surface area contributed by atoms with Gasteiger partial charge in [-0.05, 0) is 36.1 Å². The molecule has 3 aromatic rings. The molecule has 0 fully saturated rings. The van der Waals surface area contributed by atoms with E-state index < -0.39 is 0 Å². The molecule has 0 saturated heterocycles. The first kappa shape index (κ1) is 11.6. The Labute approximate surface area is 114 Å². The lowest BCUT2D eigenvalue weighted by molar-refractivity contribution is 0.783. The lowest BCUT2D eigenvalue weighted by Gasteiger charge is -1.94. The van der Waals surface area contributed by atoms with E-state index >= 15 is 0 Å². The molecule has 3 nitrogen and oxygen atoms in total. The number of aryl methyl sites for hydroxylation is 2. The van der Waals surface area contributed by atoms with E-state index in [4.69, 9.17) is 17.3 Å². The third-order valence-electron chi connectivity index (χ3n) is 3.05. The highest BCUT2D eigenvalue weighted by molar-refractivity contribution is 7.22. The van der Waals surface area contributed by atoms with E-state index in [0.29, 0.717) is 5.82 Å². The molecule has 2 heterocycles. The number of fused-ring (bicyclic) bond motifs is 1. The van der Waals surface area contributed by atoms with Crippen molar-refractivity contribution in [2.75, 3.05) is 5.73 Å². The largest absolute Gasteiger partial charge is 0.384 e. The van der Waals surface area contributed by atoms with Gasteiger partial charge >= 0.3 is 0 Å². The van der Waals surface area contributed by atoms with Crippen molar-refractivity contribution in [1.29, 1.82) is 0 Å². The van der Waals surface area contributed by atoms with Crippen molar-refractivity contribution in [2.24, 2.45) is 7.05 Å². The number of hydrogen-bond donors (Lipinski definition) is 1. The molecule has 18 heavy (non-hydrogen) atoms. The summed E-state index contributed by atoms with van der Waals surface area (Å²) in [6.07, 6.45) is 0. The number of nitrogens with two attached hydrogens (primary N) is 1. The van der Waals surface area contributed by atoms with Crippen LogP contribution < -0.4 is 5.73 Å². The summed E-state index contributed by atoms with van der Waals surface area (Å²) in [5.74, 6) is 0.667. The second-order valence-electron chi connectivity index (χ2n) is 4.27. The topological polar surface area (TPSA) is 43.8 Å². The number of hydrogen-bond acceptors (Lipinski definition) is 3. The monoisotopic (exact) mass is 277 g/mol. The van der Waals surface area contributed by atoms with Crippen molar-refractivity contribution >= 4 is 38.8 Å². The fourth-order valence-electron chi connectivity index (χ4n) is 2.03. The van der Waals surface area contributed by atoms with Crippen molar-refractivity contribution < 1.29 is 0 Å². The van der Waals surface area contributed by atoms with Crippen LogP contribution in [0.4, 0.5) is 5.82 Å². The van der Waals surface area contributed by atoms with E-state index in [1.54, 1.807) is 16.0 Å². The molecule has 1 aromatic carbocycles. The molecule has 3 rings (SSSR count). The Morgan fingerprint density at radius 2 is 2.11 bits per heavy atom. The van der Waals surface area contributed by atoms with E-state index in [9.17, 15) is 0 Å². The van der Waals surface area contributed by atoms with Gasteiger partial charge in [0.15, 0.2) is 0 Å². The molecule has 0 amide bonds. The quantitative estimate of drug-likeness (QED) is 0.734. The van der Waals surface area contributed by atoms with Gasteiger partial charge in [-0.25, -0.2) is 0 Å². The molecule has 5 heteroatoms. The number of nitrogens with zero attached hydrogens (tertiary/aromatic N) is 2. The molecule has 0 unspecified atom stereocenters. The van der Waals surface area contributed by atoms with Gasteiger partial charge < -0.3 is 5.73 Å². The van der Waals surface area contributed by atoms with Crippen molar-refractivity contribution in [3.63, 3.8) is 0 Å². The van der Waals surface area contributed by atoms with Crippen LogP contribution in [0, 0.1) is 6.92 Å². The van der Waals surface area contributed by atoms with Gasteiger partial charge in [-0.3, -0.25) is 4.68 Å². The third-order valence-corrected chi connectivity index (χ3v) is 4.58. The number of rotatable bonds is 1. The zero-order valence-electron chi connectivity index (χ0n) is 10.1. The number of benzene rings is 1. The smallest absolute Gasteiger partial charge is 0.121 e. The third kappa shape index (κ3) is 1.69. The predicted molar refractivity (Wildman–Crippen MR) is 78.2 cm³/mol. The highest BCUT2D eigenvalue weighted by Crippen LogP contribution is 2.38. The van der Waals surface area contributed by atoms with E-state index in [1.165, 1.54) is 15.6 Å². The van der Waals surface area contributed by atoms with Crippen LogP contribution in [0.25, 0.3) is 20.7 Å². The SMILES string of the molecule is Cc1c(-c2cc(N)n(C)n2)sc2ccc(Cl)cc12. The summed E-state index contributed by atoms with van der Waals surface area (Å²) in [5, 5.41) is 6.37. The maximum absolute atomic E-state index is 6.04. The molecule has 0 aliphatic heterocycles. The van der Waals surface area contributed by atoms with E-state index in [2.05, 4.69) is 12.0 Å². The van der Waals surface area contributed by atoms with E-state index in [1.807, 2.05) is 31.3 Å². The second kappa shape index (κ2) is 4.00. The number of anilines is 1. The number of thiophene rings is 1. The van der Waals surface area contributed by atoms with Crippen LogP contribution in [0.15, 0.2) is 24.3 Å². The molecule has 0 saturated carbocycles. The summed E-state index contributed by atoms with van der Waals surface area (Å²) in [7, 11) is 1.85. The molecule has 92 valence electrons. The van der Waals surface area contributed by atoms with Crippen molar-refractivity contribution in [3.05, 3.63) is 34.9 Å². The normalized spacial score (nSPS) is 11.3. The fourth-order valence-corrected chi connectivity index (χ4v) is 3.35. The van der Waals surface area contributed by atoms with Gasteiger partial charge in [-0.15, -0.1) is 11.3 Å². The molecule has 0 spiro atoms. The van der Waals surface area contributed by atoms with Crippen LogP contribution in [-0.2, 0) is 7.05 Å². The summed E-state index contributed by atoms with van der Waals surface area (Å²) in [6, 6.07) is 7.86. The maximum atomic E-state index is 6.04. The lowest BCUT2D eigenvalue weighted by atomic mass is 10.1. The van der Waals surface area contributed by atoms with Gasteiger partial charge in [0.25, 0.3) is 0 Å². The Morgan fingerprint density at radius 1 is 1.33 bits per heavy atom. The molecule has 0 radical (unpaired) electrons. The van der Waals surface area contributed by atoms with Gasteiger partial charge in [0.2, 0.25) is 0 Å². The van der Waals surface area contributed by atoms with E-state index in [0.717, 1.165) is 15.6 Å². The first-order chi connectivity index (χ1) is 8.56. The van der Waals surface area contributed by atoms with Gasteiger partial charge in [0.1, 0.15) is 11.5 Å². The first-order valence-electron chi connectivity index (χ1n) is 5.55. The van der Waals surface area contributed by atoms with Gasteiger partial charge in [0.05, 0.1) is 4.88 Å². The zero-order chi connectivity index (χ0) is 12.9. The Balaban J connectivity index is 2.26. The fraction of sp³-hybridized carbons (Fsp3) is 0.154. The van der Waals surface area contributed by atoms with Crippen molar-refractivity contribution in [2.45, 2.75) is 6.92 Å². The summed E-state index contributed by atoms with van der Waals surface area (Å²) >= 11 is 7.76. The summed E-state index contributed by atoms with van der Waals surface area (Å²) < 4.78 is 2.91. The molecular weight excluding hydrogens is 266 g/mol. The zero-order valence-corrected chi connectivity index (χ0v) is 11.6. The number of aromatic nitrogens is 2. The predicted octanol–water partition coefficient (Wildman–Crippen LogP) is 3.85. The van der Waals surface area contributed by atoms with Crippen LogP contribution in [-0.4, -0.2) is 9.78 Å². The summed E-state index contributed by atoms with van der Waals surface area (Å²) in [5.41, 5.74) is 7.96. The molecular formula is C13H12ClN3S. The second-order valence-corrected chi connectivity index (χ2v) is 5.76. The van der Waals surface area contributed by atoms with Crippen LogP contribution in [0.2, 0.25) is 5.02 Å². The Hall–Kier alpha value is -1.52. The van der Waals surface area contributed by atoms with Gasteiger partial charge in [0, 0.05) is 22.8 Å². The minimum atomic E-state index is 0.667. The van der Waals surface area contributed by atoms with E-state index in [-0.39, 0.29) is 0 Å². The first-order valence-corrected chi connectivity index (χ1v) is 6.74. The lowest BCUT2D eigenvalue weighted by Crippen LogP contribution is -1.96.